The van der Waals surface area contributed by atoms with Crippen LogP contribution in [0.2, 0.25) is 0 Å². The molecule has 118 valence electrons. The molecule has 1 aromatic heterocycles. The van der Waals surface area contributed by atoms with Crippen LogP contribution in [0.5, 0.6) is 0 Å². The molecule has 4 nitrogen and oxygen atoms in total. The lowest BCUT2D eigenvalue weighted by Gasteiger charge is -2.11. The third-order valence-electron chi connectivity index (χ3n) is 3.24. The second-order valence-corrected chi connectivity index (χ2v) is 4.99. The lowest BCUT2D eigenvalue weighted by atomic mass is 10.2. The average molecular weight is 319 g/mol. The van der Waals surface area contributed by atoms with Crippen LogP contribution < -0.4 is 5.32 Å². The molecule has 0 radical (unpaired) electrons. The zero-order chi connectivity index (χ0) is 16.6. The maximum atomic E-state index is 13.3. The summed E-state index contributed by atoms with van der Waals surface area (Å²) in [5, 5.41) is 2.56. The van der Waals surface area contributed by atoms with E-state index in [4.69, 9.17) is 0 Å². The van der Waals surface area contributed by atoms with Gasteiger partial charge in [0, 0.05) is 18.3 Å². The Hall–Kier alpha value is -2.83. The second-order valence-electron chi connectivity index (χ2n) is 4.99. The quantitative estimate of drug-likeness (QED) is 0.776. The number of aromatic nitrogens is 2. The molecule has 0 atom stereocenters. The summed E-state index contributed by atoms with van der Waals surface area (Å²) in [6, 6.07) is 12.6. The highest BCUT2D eigenvalue weighted by Crippen LogP contribution is 2.34. The van der Waals surface area contributed by atoms with Gasteiger partial charge in [-0.3, -0.25) is 9.36 Å². The number of benzene rings is 2. The molecule has 3 aromatic rings. The van der Waals surface area contributed by atoms with Crippen molar-refractivity contribution in [3.8, 4) is 5.69 Å². The molecule has 0 spiro atoms. The normalized spacial score (nSPS) is 11.7. The molecule has 1 heterocycles. The van der Waals surface area contributed by atoms with Crippen LogP contribution in [0.15, 0.2) is 48.5 Å². The number of carbonyl (C=O) groups excluding carboxylic acids is 1. The number of para-hydroxylation sites is 1. The van der Waals surface area contributed by atoms with E-state index in [0.717, 1.165) is 4.57 Å². The van der Waals surface area contributed by atoms with Gasteiger partial charge in [0.2, 0.25) is 11.7 Å². The molecule has 0 unspecified atom stereocenters. The lowest BCUT2D eigenvalue weighted by molar-refractivity contribution is -0.145. The van der Waals surface area contributed by atoms with Gasteiger partial charge in [0.15, 0.2) is 0 Å². The molecular weight excluding hydrogens is 307 g/mol. The topological polar surface area (TPSA) is 46.9 Å². The SMILES string of the molecule is CC(=O)Nc1ccc2nc(C(F)(F)F)n(-c3ccccc3)c2c1. The summed E-state index contributed by atoms with van der Waals surface area (Å²) in [5.74, 6) is -1.30. The van der Waals surface area contributed by atoms with Crippen LogP contribution >= 0.6 is 0 Å². The lowest BCUT2D eigenvalue weighted by Crippen LogP contribution is -2.13. The van der Waals surface area contributed by atoms with E-state index in [2.05, 4.69) is 10.3 Å². The smallest absolute Gasteiger partial charge is 0.326 e. The summed E-state index contributed by atoms with van der Waals surface area (Å²) < 4.78 is 41.0. The first kappa shape index (κ1) is 15.1. The number of carbonyl (C=O) groups is 1. The Labute approximate surface area is 129 Å². The fourth-order valence-corrected chi connectivity index (χ4v) is 2.38. The summed E-state index contributed by atoms with van der Waals surface area (Å²) in [5.41, 5.74) is 1.24. The van der Waals surface area contributed by atoms with Crippen molar-refractivity contribution in [2.75, 3.05) is 5.32 Å². The summed E-state index contributed by atoms with van der Waals surface area (Å²) in [7, 11) is 0. The van der Waals surface area contributed by atoms with Gasteiger partial charge < -0.3 is 5.32 Å². The van der Waals surface area contributed by atoms with Gasteiger partial charge in [-0.1, -0.05) is 18.2 Å². The largest absolute Gasteiger partial charge is 0.450 e. The van der Waals surface area contributed by atoms with E-state index in [9.17, 15) is 18.0 Å². The van der Waals surface area contributed by atoms with E-state index < -0.39 is 12.0 Å². The van der Waals surface area contributed by atoms with Crippen molar-refractivity contribution in [2.45, 2.75) is 13.1 Å². The molecule has 7 heteroatoms. The minimum Gasteiger partial charge on any atom is -0.326 e. The molecule has 1 amide bonds. The van der Waals surface area contributed by atoms with Crippen molar-refractivity contribution >= 4 is 22.6 Å². The highest BCUT2D eigenvalue weighted by molar-refractivity contribution is 5.92. The molecule has 2 aromatic carbocycles. The fraction of sp³-hybridized carbons (Fsp3) is 0.125. The first-order valence-corrected chi connectivity index (χ1v) is 6.79. The van der Waals surface area contributed by atoms with Gasteiger partial charge in [0.25, 0.3) is 0 Å². The zero-order valence-electron chi connectivity index (χ0n) is 12.1. The number of imidazole rings is 1. The van der Waals surface area contributed by atoms with E-state index in [-0.39, 0.29) is 16.9 Å². The summed E-state index contributed by atoms with van der Waals surface area (Å²) in [6.07, 6.45) is -4.59. The maximum absolute atomic E-state index is 13.3. The number of alkyl halides is 3. The number of amides is 1. The van der Waals surface area contributed by atoms with E-state index in [1.54, 1.807) is 30.3 Å². The Morgan fingerprint density at radius 1 is 1.13 bits per heavy atom. The Morgan fingerprint density at radius 3 is 2.43 bits per heavy atom. The molecule has 3 rings (SSSR count). The predicted molar refractivity (Wildman–Crippen MR) is 80.4 cm³/mol. The van der Waals surface area contributed by atoms with Crippen molar-refractivity contribution in [3.63, 3.8) is 0 Å². The summed E-state index contributed by atoms with van der Waals surface area (Å²) in [4.78, 5) is 14.9. The fourth-order valence-electron chi connectivity index (χ4n) is 2.38. The minimum atomic E-state index is -4.59. The number of hydrogen-bond donors (Lipinski definition) is 1. The third kappa shape index (κ3) is 2.90. The molecule has 0 aliphatic carbocycles. The van der Waals surface area contributed by atoms with Gasteiger partial charge in [-0.25, -0.2) is 4.98 Å². The standard InChI is InChI=1S/C16H12F3N3O/c1-10(23)20-11-7-8-13-14(9-11)22(12-5-3-2-4-6-12)15(21-13)16(17,18)19/h2-9H,1H3,(H,20,23). The van der Waals surface area contributed by atoms with Gasteiger partial charge in [-0.15, -0.1) is 0 Å². The van der Waals surface area contributed by atoms with Crippen molar-refractivity contribution in [1.82, 2.24) is 9.55 Å². The number of hydrogen-bond acceptors (Lipinski definition) is 2. The van der Waals surface area contributed by atoms with E-state index in [0.29, 0.717) is 11.4 Å². The molecule has 0 aliphatic heterocycles. The van der Waals surface area contributed by atoms with Gasteiger partial charge in [0.1, 0.15) is 0 Å². The summed E-state index contributed by atoms with van der Waals surface area (Å²) >= 11 is 0. The first-order chi connectivity index (χ1) is 10.9. The molecule has 0 bridgehead atoms. The van der Waals surface area contributed by atoms with Gasteiger partial charge in [-0.2, -0.15) is 13.2 Å². The Balaban J connectivity index is 2.29. The van der Waals surface area contributed by atoms with Gasteiger partial charge in [-0.05, 0) is 30.3 Å². The number of nitrogens with zero attached hydrogens (tertiary/aromatic N) is 2. The Bertz CT molecular complexity index is 869. The van der Waals surface area contributed by atoms with E-state index in [1.807, 2.05) is 0 Å². The van der Waals surface area contributed by atoms with Crippen molar-refractivity contribution < 1.29 is 18.0 Å². The van der Waals surface area contributed by atoms with Gasteiger partial charge in [0.05, 0.1) is 11.0 Å². The van der Waals surface area contributed by atoms with Crippen LogP contribution in [0.1, 0.15) is 12.7 Å². The molecular formula is C16H12F3N3O. The van der Waals surface area contributed by atoms with Crippen LogP contribution in [0, 0.1) is 0 Å². The number of halogens is 3. The molecule has 1 N–H and O–H groups in total. The molecule has 0 fully saturated rings. The Morgan fingerprint density at radius 2 is 1.83 bits per heavy atom. The van der Waals surface area contributed by atoms with Crippen LogP contribution in [0.25, 0.3) is 16.7 Å². The number of nitrogens with one attached hydrogen (secondary N) is 1. The summed E-state index contributed by atoms with van der Waals surface area (Å²) in [6.45, 7) is 1.33. The van der Waals surface area contributed by atoms with Crippen LogP contribution in [0.4, 0.5) is 18.9 Å². The number of fused-ring (bicyclic) bond motifs is 1. The number of rotatable bonds is 2. The minimum absolute atomic E-state index is 0.204. The van der Waals surface area contributed by atoms with Gasteiger partial charge >= 0.3 is 6.18 Å². The van der Waals surface area contributed by atoms with Crippen LogP contribution in [-0.2, 0) is 11.0 Å². The zero-order valence-corrected chi connectivity index (χ0v) is 12.1. The molecule has 0 saturated carbocycles. The highest BCUT2D eigenvalue weighted by Gasteiger charge is 2.38. The van der Waals surface area contributed by atoms with Crippen LogP contribution in [0.3, 0.4) is 0 Å². The Kier molecular flexibility index (Phi) is 3.55. The molecule has 0 aliphatic rings. The average Bonchev–Trinajstić information content (AvgIpc) is 2.86. The van der Waals surface area contributed by atoms with Crippen molar-refractivity contribution in [1.29, 1.82) is 0 Å². The number of anilines is 1. The van der Waals surface area contributed by atoms with E-state index >= 15 is 0 Å². The first-order valence-electron chi connectivity index (χ1n) is 6.79. The maximum Gasteiger partial charge on any atom is 0.450 e. The van der Waals surface area contributed by atoms with E-state index in [1.165, 1.54) is 25.1 Å². The highest BCUT2D eigenvalue weighted by atomic mass is 19.4. The molecule has 0 saturated heterocycles. The van der Waals surface area contributed by atoms with Crippen molar-refractivity contribution in [3.05, 3.63) is 54.4 Å². The predicted octanol–water partition coefficient (Wildman–Crippen LogP) is 4.00. The van der Waals surface area contributed by atoms with Crippen LogP contribution in [-0.4, -0.2) is 15.5 Å². The monoisotopic (exact) mass is 319 g/mol. The van der Waals surface area contributed by atoms with Crippen molar-refractivity contribution in [2.24, 2.45) is 0 Å². The molecule has 23 heavy (non-hydrogen) atoms. The second kappa shape index (κ2) is 5.42. The third-order valence-corrected chi connectivity index (χ3v) is 3.24.